The summed E-state index contributed by atoms with van der Waals surface area (Å²) in [4.78, 5) is 0. The monoisotopic (exact) mass is 323 g/mol. The van der Waals surface area contributed by atoms with Gasteiger partial charge in [0.25, 0.3) is 0 Å². The lowest BCUT2D eigenvalue weighted by Crippen LogP contribution is -1.47. The van der Waals surface area contributed by atoms with Gasteiger partial charge in [-0.3, -0.25) is 0 Å². The molecule has 0 aromatic rings. The predicted molar refractivity (Wildman–Crippen MR) is 127 cm³/mol. The van der Waals surface area contributed by atoms with Crippen LogP contribution in [0.25, 0.3) is 0 Å². The van der Waals surface area contributed by atoms with Crippen molar-refractivity contribution in [3.05, 3.63) is 0 Å². The second kappa shape index (κ2) is 802. The van der Waals surface area contributed by atoms with Crippen molar-refractivity contribution in [3.8, 4) is 0 Å². The molecule has 0 saturated heterocycles. The Morgan fingerprint density at radius 1 is 0.333 bits per heavy atom. The van der Waals surface area contributed by atoms with Crippen molar-refractivity contribution in [2.45, 2.75) is 149 Å². The lowest BCUT2D eigenvalue weighted by molar-refractivity contribution is 0.886. The highest BCUT2D eigenvalue weighted by Crippen LogP contribution is 1.76. The summed E-state index contributed by atoms with van der Waals surface area (Å²) in [5, 5.41) is 0. The third-order valence-corrected chi connectivity index (χ3v) is 0.500. The van der Waals surface area contributed by atoms with Crippen LogP contribution >= 0.6 is 0 Å². The zero-order valence-electron chi connectivity index (χ0n) is 10.1. The Balaban J connectivity index is -0.00000000229. The van der Waals surface area contributed by atoms with E-state index in [1.165, 1.54) is 19.3 Å². The van der Waals surface area contributed by atoms with Crippen LogP contribution < -0.4 is 0 Å². The standard InChI is InChI=1S/C4H10.C3H8.2C2H6.10CH4/c1-3-4-2;1-3-2;2*1-2;;;;;;;;;;/h3-4H2,1-2H3;3H2,1-2H3;2*1-2H3;10*1H4. The Morgan fingerprint density at radius 3 is 0.381 bits per heavy atom. The van der Waals surface area contributed by atoms with Gasteiger partial charge < -0.3 is 0 Å². The van der Waals surface area contributed by atoms with Crippen LogP contribution in [0.4, 0.5) is 0 Å². The molecular formula is C21H70. The van der Waals surface area contributed by atoms with E-state index in [0.29, 0.717) is 0 Å². The summed E-state index contributed by atoms with van der Waals surface area (Å²) in [5.41, 5.74) is 0. The Labute approximate surface area is 149 Å². The molecule has 0 heteroatoms. The van der Waals surface area contributed by atoms with Crippen molar-refractivity contribution >= 4 is 0 Å². The zero-order valence-corrected chi connectivity index (χ0v) is 10.1. The number of hydrogen-bond acceptors (Lipinski definition) is 0. The molecule has 0 atom stereocenters. The normalized spacial score (nSPS) is 2.86. The third-order valence-electron chi connectivity index (χ3n) is 0.500. The fraction of sp³-hybridized carbons (Fsp3) is 1.00. The lowest BCUT2D eigenvalue weighted by atomic mass is 10.4. The largest absolute Gasteiger partial charge is 0.0776 e. The van der Waals surface area contributed by atoms with Gasteiger partial charge in [-0.2, -0.15) is 0 Å². The molecule has 0 aromatic carbocycles. The first-order chi connectivity index (χ1) is 5.33. The van der Waals surface area contributed by atoms with Crippen molar-refractivity contribution in [2.24, 2.45) is 0 Å². The van der Waals surface area contributed by atoms with Gasteiger partial charge in [-0.25, -0.2) is 0 Å². The highest BCUT2D eigenvalue weighted by molar-refractivity contribution is 4.12. The quantitative estimate of drug-likeness (QED) is 0.450. The number of hydrogen-bond donors (Lipinski definition) is 0. The van der Waals surface area contributed by atoms with Crippen LogP contribution in [-0.2, 0) is 0 Å². The Morgan fingerprint density at radius 2 is 0.381 bits per heavy atom. The minimum atomic E-state index is 0. The van der Waals surface area contributed by atoms with Crippen molar-refractivity contribution in [2.75, 3.05) is 0 Å². The fourth-order valence-electron chi connectivity index (χ4n) is 0. The molecule has 0 aliphatic carbocycles. The van der Waals surface area contributed by atoms with Gasteiger partial charge in [0.15, 0.2) is 0 Å². The molecule has 0 fully saturated rings. The van der Waals surface area contributed by atoms with Gasteiger partial charge in [0.05, 0.1) is 0 Å². The average molecular weight is 323 g/mol. The molecule has 21 heavy (non-hydrogen) atoms. The molecule has 0 N–H and O–H groups in total. The fourth-order valence-corrected chi connectivity index (χ4v) is 0. The molecule has 0 aliphatic rings. The summed E-state index contributed by atoms with van der Waals surface area (Å²) in [6.07, 6.45) is 3.89. The van der Waals surface area contributed by atoms with E-state index in [1.807, 2.05) is 27.7 Å². The van der Waals surface area contributed by atoms with Gasteiger partial charge in [-0.15, -0.1) is 0 Å². The predicted octanol–water partition coefficient (Wildman–Crippen LogP) is 11.6. The van der Waals surface area contributed by atoms with Crippen LogP contribution in [0.1, 0.15) is 149 Å². The Kier molecular flexibility index (Phi) is 6550. The van der Waals surface area contributed by atoms with E-state index in [0.717, 1.165) is 0 Å². The van der Waals surface area contributed by atoms with Gasteiger partial charge in [-0.1, -0.05) is 149 Å². The minimum absolute atomic E-state index is 0. The summed E-state index contributed by atoms with van der Waals surface area (Å²) < 4.78 is 0. The second-order valence-electron chi connectivity index (χ2n) is 1.71. The van der Waals surface area contributed by atoms with E-state index < -0.39 is 0 Å². The smallest absolute Gasteiger partial charge is 0.0564 e. The van der Waals surface area contributed by atoms with Gasteiger partial charge in [0, 0.05) is 0 Å². The van der Waals surface area contributed by atoms with E-state index >= 15 is 0 Å². The van der Waals surface area contributed by atoms with Crippen LogP contribution in [-0.4, -0.2) is 0 Å². The molecular weight excluding hydrogens is 252 g/mol. The molecule has 0 heterocycles. The van der Waals surface area contributed by atoms with E-state index in [4.69, 9.17) is 0 Å². The summed E-state index contributed by atoms with van der Waals surface area (Å²) >= 11 is 0. The zero-order chi connectivity index (χ0) is 10.1. The Hall–Kier alpha value is 0. The molecule has 154 valence electrons. The molecule has 0 amide bonds. The topological polar surface area (TPSA) is 0 Å². The molecule has 0 aliphatic heterocycles. The minimum Gasteiger partial charge on any atom is -0.0776 e. The van der Waals surface area contributed by atoms with Gasteiger partial charge in [-0.05, 0) is 0 Å². The molecule has 0 rings (SSSR count). The number of unbranched alkanes of at least 4 members (excludes halogenated alkanes) is 1. The molecule has 0 spiro atoms. The van der Waals surface area contributed by atoms with Crippen molar-refractivity contribution in [1.82, 2.24) is 0 Å². The maximum atomic E-state index is 2.18. The first-order valence-corrected chi connectivity index (χ1v) is 5.33. The summed E-state index contributed by atoms with van der Waals surface area (Å²) in [6, 6.07) is 0. The summed E-state index contributed by atoms with van der Waals surface area (Å²) in [6.45, 7) is 16.6. The summed E-state index contributed by atoms with van der Waals surface area (Å²) in [5.74, 6) is 0. The molecule has 0 aromatic heterocycles. The van der Waals surface area contributed by atoms with Crippen LogP contribution in [0.3, 0.4) is 0 Å². The van der Waals surface area contributed by atoms with Crippen LogP contribution in [0, 0.1) is 0 Å². The Bertz CT molecular complexity index is 7.51. The maximum absolute atomic E-state index is 2.18. The molecule has 0 saturated carbocycles. The lowest BCUT2D eigenvalue weighted by Gasteiger charge is -1.68. The van der Waals surface area contributed by atoms with Gasteiger partial charge in [0.1, 0.15) is 0 Å². The van der Waals surface area contributed by atoms with Gasteiger partial charge >= 0.3 is 0 Å². The van der Waals surface area contributed by atoms with E-state index in [2.05, 4.69) is 27.7 Å². The van der Waals surface area contributed by atoms with Crippen molar-refractivity contribution in [3.63, 3.8) is 0 Å². The molecule has 0 unspecified atom stereocenters. The van der Waals surface area contributed by atoms with Crippen LogP contribution in [0.2, 0.25) is 0 Å². The molecule has 0 radical (unpaired) electrons. The average Bonchev–Trinajstić information content (AvgIpc) is 2.12. The molecule has 0 nitrogen and oxygen atoms in total. The summed E-state index contributed by atoms with van der Waals surface area (Å²) in [7, 11) is 0. The third kappa shape index (κ3) is 6480. The number of rotatable bonds is 1. The van der Waals surface area contributed by atoms with Crippen LogP contribution in [0.5, 0.6) is 0 Å². The maximum Gasteiger partial charge on any atom is -0.0564 e. The van der Waals surface area contributed by atoms with Crippen molar-refractivity contribution < 1.29 is 0 Å². The molecule has 0 bridgehead atoms. The first-order valence-electron chi connectivity index (χ1n) is 5.33. The van der Waals surface area contributed by atoms with Crippen LogP contribution in [0.15, 0.2) is 0 Å². The van der Waals surface area contributed by atoms with E-state index in [1.54, 1.807) is 0 Å². The first kappa shape index (κ1) is 171. The SMILES string of the molecule is C.C.C.C.C.C.C.C.C.C.CC.CC.CCC.CCCC. The van der Waals surface area contributed by atoms with E-state index in [9.17, 15) is 0 Å². The van der Waals surface area contributed by atoms with Crippen molar-refractivity contribution in [1.29, 1.82) is 0 Å². The highest BCUT2D eigenvalue weighted by atomic mass is 13.6. The van der Waals surface area contributed by atoms with E-state index in [-0.39, 0.29) is 74.3 Å². The second-order valence-corrected chi connectivity index (χ2v) is 1.71. The van der Waals surface area contributed by atoms with Gasteiger partial charge in [0.2, 0.25) is 0 Å². The highest BCUT2D eigenvalue weighted by Gasteiger charge is 1.56.